The van der Waals surface area contributed by atoms with Crippen LogP contribution < -0.4 is 14.8 Å². The summed E-state index contributed by atoms with van der Waals surface area (Å²) in [6.45, 7) is 3.50. The molecule has 0 aliphatic rings. The Kier molecular flexibility index (Phi) is 6.29. The van der Waals surface area contributed by atoms with Crippen LogP contribution in [0.25, 0.3) is 0 Å². The Bertz CT molecular complexity index is 1030. The van der Waals surface area contributed by atoms with Gasteiger partial charge in [-0.05, 0) is 74.0 Å². The van der Waals surface area contributed by atoms with Crippen molar-refractivity contribution in [3.05, 3.63) is 83.4 Å². The van der Waals surface area contributed by atoms with E-state index in [1.807, 2.05) is 31.2 Å². The maximum absolute atomic E-state index is 12.5. The Labute approximate surface area is 170 Å². The third kappa shape index (κ3) is 5.45. The number of amides is 1. The number of carbonyl (C=O) groups excluding carboxylic acids is 2. The first-order valence-corrected chi connectivity index (χ1v) is 9.27. The summed E-state index contributed by atoms with van der Waals surface area (Å²) < 4.78 is 11.1. The molecule has 0 unspecified atom stereocenters. The van der Waals surface area contributed by atoms with Gasteiger partial charge in [0.15, 0.2) is 5.78 Å². The van der Waals surface area contributed by atoms with Crippen molar-refractivity contribution in [3.63, 3.8) is 0 Å². The molecule has 0 fully saturated rings. The van der Waals surface area contributed by atoms with E-state index in [4.69, 9.17) is 9.47 Å². The van der Waals surface area contributed by atoms with E-state index in [2.05, 4.69) is 5.32 Å². The quantitative estimate of drug-likeness (QED) is 0.566. The van der Waals surface area contributed by atoms with Crippen LogP contribution in [0.5, 0.6) is 17.2 Å². The molecule has 0 atom stereocenters. The second-order valence-corrected chi connectivity index (χ2v) is 6.75. The molecule has 0 saturated carbocycles. The molecule has 5 heteroatoms. The SMILES string of the molecule is COc1ccc(C(C)=O)cc1CC(=O)Nc1ccc(Oc2cccc(C)c2)cc1. The molecule has 3 aromatic rings. The predicted molar refractivity (Wildman–Crippen MR) is 113 cm³/mol. The Morgan fingerprint density at radius 2 is 1.69 bits per heavy atom. The zero-order valence-electron chi connectivity index (χ0n) is 16.7. The number of carbonyl (C=O) groups is 2. The molecule has 3 rings (SSSR count). The summed E-state index contributed by atoms with van der Waals surface area (Å²) in [6.07, 6.45) is 0.103. The predicted octanol–water partition coefficient (Wildman–Crippen LogP) is 5.18. The molecule has 1 N–H and O–H groups in total. The Balaban J connectivity index is 1.65. The van der Waals surface area contributed by atoms with Gasteiger partial charge in [0, 0.05) is 16.8 Å². The van der Waals surface area contributed by atoms with Crippen LogP contribution in [0.15, 0.2) is 66.7 Å². The summed E-state index contributed by atoms with van der Waals surface area (Å²) in [5.41, 5.74) is 2.99. The molecule has 0 radical (unpaired) electrons. The molecule has 5 nitrogen and oxygen atoms in total. The lowest BCUT2D eigenvalue weighted by molar-refractivity contribution is -0.115. The molecular formula is C24H23NO4. The maximum atomic E-state index is 12.5. The van der Waals surface area contributed by atoms with Gasteiger partial charge in [-0.25, -0.2) is 0 Å². The minimum Gasteiger partial charge on any atom is -0.496 e. The van der Waals surface area contributed by atoms with Gasteiger partial charge in [0.05, 0.1) is 13.5 Å². The molecule has 0 aliphatic heterocycles. The number of ether oxygens (including phenoxy) is 2. The van der Waals surface area contributed by atoms with E-state index >= 15 is 0 Å². The minimum atomic E-state index is -0.198. The first-order chi connectivity index (χ1) is 13.9. The van der Waals surface area contributed by atoms with Crippen molar-refractivity contribution in [2.45, 2.75) is 20.3 Å². The molecule has 3 aromatic carbocycles. The first-order valence-electron chi connectivity index (χ1n) is 9.27. The average Bonchev–Trinajstić information content (AvgIpc) is 2.69. The summed E-state index contributed by atoms with van der Waals surface area (Å²) in [6, 6.07) is 20.1. The van der Waals surface area contributed by atoms with E-state index < -0.39 is 0 Å². The molecule has 29 heavy (non-hydrogen) atoms. The topological polar surface area (TPSA) is 64.6 Å². The number of methoxy groups -OCH3 is 1. The van der Waals surface area contributed by atoms with E-state index in [1.54, 1.807) is 42.5 Å². The number of nitrogens with one attached hydrogen (secondary N) is 1. The van der Waals surface area contributed by atoms with Crippen molar-refractivity contribution in [2.75, 3.05) is 12.4 Å². The molecule has 0 bridgehead atoms. The molecule has 148 valence electrons. The summed E-state index contributed by atoms with van der Waals surface area (Å²) >= 11 is 0. The highest BCUT2D eigenvalue weighted by Crippen LogP contribution is 2.24. The van der Waals surface area contributed by atoms with Gasteiger partial charge in [-0.15, -0.1) is 0 Å². The van der Waals surface area contributed by atoms with Gasteiger partial charge in [-0.3, -0.25) is 9.59 Å². The lowest BCUT2D eigenvalue weighted by atomic mass is 10.0. The highest BCUT2D eigenvalue weighted by atomic mass is 16.5. The van der Waals surface area contributed by atoms with E-state index in [0.717, 1.165) is 11.3 Å². The van der Waals surface area contributed by atoms with Crippen LogP contribution in [-0.2, 0) is 11.2 Å². The van der Waals surface area contributed by atoms with Crippen LogP contribution in [0.2, 0.25) is 0 Å². The summed E-state index contributed by atoms with van der Waals surface area (Å²) in [5.74, 6) is 1.77. The largest absolute Gasteiger partial charge is 0.496 e. The molecule has 0 aromatic heterocycles. The van der Waals surface area contributed by atoms with Crippen LogP contribution >= 0.6 is 0 Å². The molecular weight excluding hydrogens is 366 g/mol. The molecule has 0 aliphatic carbocycles. The smallest absolute Gasteiger partial charge is 0.228 e. The van der Waals surface area contributed by atoms with Crippen molar-refractivity contribution in [1.82, 2.24) is 0 Å². The third-order valence-corrected chi connectivity index (χ3v) is 4.40. The van der Waals surface area contributed by atoms with Gasteiger partial charge >= 0.3 is 0 Å². The van der Waals surface area contributed by atoms with Crippen LogP contribution in [-0.4, -0.2) is 18.8 Å². The molecule has 1 amide bonds. The molecule has 0 saturated heterocycles. The van der Waals surface area contributed by atoms with Gasteiger partial charge in [-0.2, -0.15) is 0 Å². The minimum absolute atomic E-state index is 0.0569. The maximum Gasteiger partial charge on any atom is 0.228 e. The van der Waals surface area contributed by atoms with Crippen molar-refractivity contribution in [1.29, 1.82) is 0 Å². The second-order valence-electron chi connectivity index (χ2n) is 6.75. The monoisotopic (exact) mass is 389 g/mol. The number of aryl methyl sites for hydroxylation is 1. The van der Waals surface area contributed by atoms with Crippen molar-refractivity contribution < 1.29 is 19.1 Å². The zero-order valence-corrected chi connectivity index (χ0v) is 16.7. The highest BCUT2D eigenvalue weighted by Gasteiger charge is 2.12. The molecule has 0 spiro atoms. The molecule has 0 heterocycles. The third-order valence-electron chi connectivity index (χ3n) is 4.40. The number of Topliss-reactive ketones (excluding diaryl/α,β-unsaturated/α-hetero) is 1. The lowest BCUT2D eigenvalue weighted by Gasteiger charge is -2.11. The second kappa shape index (κ2) is 9.06. The Morgan fingerprint density at radius 3 is 2.34 bits per heavy atom. The number of hydrogen-bond donors (Lipinski definition) is 1. The number of hydrogen-bond acceptors (Lipinski definition) is 4. The number of rotatable bonds is 7. The van der Waals surface area contributed by atoms with E-state index in [-0.39, 0.29) is 18.1 Å². The summed E-state index contributed by atoms with van der Waals surface area (Å²) in [5, 5.41) is 2.86. The van der Waals surface area contributed by atoms with E-state index in [0.29, 0.717) is 28.3 Å². The first kappa shape index (κ1) is 20.1. The zero-order chi connectivity index (χ0) is 20.8. The van der Waals surface area contributed by atoms with Crippen molar-refractivity contribution in [2.24, 2.45) is 0 Å². The van der Waals surface area contributed by atoms with Gasteiger partial charge in [-0.1, -0.05) is 12.1 Å². The Morgan fingerprint density at radius 1 is 0.931 bits per heavy atom. The van der Waals surface area contributed by atoms with Gasteiger partial charge < -0.3 is 14.8 Å². The fourth-order valence-electron chi connectivity index (χ4n) is 2.94. The fraction of sp³-hybridized carbons (Fsp3) is 0.167. The van der Waals surface area contributed by atoms with Crippen molar-refractivity contribution in [3.8, 4) is 17.2 Å². The fourth-order valence-corrected chi connectivity index (χ4v) is 2.94. The van der Waals surface area contributed by atoms with Crippen LogP contribution in [0.3, 0.4) is 0 Å². The van der Waals surface area contributed by atoms with Crippen LogP contribution in [0.1, 0.15) is 28.4 Å². The van der Waals surface area contributed by atoms with Crippen molar-refractivity contribution >= 4 is 17.4 Å². The van der Waals surface area contributed by atoms with Gasteiger partial charge in [0.25, 0.3) is 0 Å². The average molecular weight is 389 g/mol. The van der Waals surface area contributed by atoms with Crippen LogP contribution in [0, 0.1) is 6.92 Å². The Hall–Kier alpha value is -3.60. The van der Waals surface area contributed by atoms with E-state index in [1.165, 1.54) is 14.0 Å². The lowest BCUT2D eigenvalue weighted by Crippen LogP contribution is -2.15. The summed E-state index contributed by atoms with van der Waals surface area (Å²) in [7, 11) is 1.54. The number of benzene rings is 3. The summed E-state index contributed by atoms with van der Waals surface area (Å²) in [4.78, 5) is 24.1. The van der Waals surface area contributed by atoms with E-state index in [9.17, 15) is 9.59 Å². The normalized spacial score (nSPS) is 10.3. The number of anilines is 1. The highest BCUT2D eigenvalue weighted by molar-refractivity contribution is 5.96. The van der Waals surface area contributed by atoms with Crippen LogP contribution in [0.4, 0.5) is 5.69 Å². The number of ketones is 1. The standard InChI is InChI=1S/C24H23NO4/c1-16-5-4-6-22(13-16)29-21-10-8-20(9-11-21)25-24(27)15-19-14-18(17(2)26)7-12-23(19)28-3/h4-14H,15H2,1-3H3,(H,25,27). The van der Waals surface area contributed by atoms with Gasteiger partial charge in [0.2, 0.25) is 5.91 Å². The van der Waals surface area contributed by atoms with Gasteiger partial charge in [0.1, 0.15) is 17.2 Å².